The van der Waals surface area contributed by atoms with Crippen LogP contribution >= 0.6 is 22.6 Å². The predicted molar refractivity (Wildman–Crippen MR) is 134 cm³/mol. The zero-order valence-corrected chi connectivity index (χ0v) is 20.5. The van der Waals surface area contributed by atoms with Crippen LogP contribution in [0.3, 0.4) is 0 Å². The van der Waals surface area contributed by atoms with E-state index in [0.29, 0.717) is 11.5 Å². The first-order valence-electron chi connectivity index (χ1n) is 10.1. The second-order valence-corrected chi connectivity index (χ2v) is 8.20. The van der Waals surface area contributed by atoms with Gasteiger partial charge >= 0.3 is 5.69 Å². The summed E-state index contributed by atoms with van der Waals surface area (Å²) in [6, 6.07) is 14.3. The third-order valence-corrected chi connectivity index (χ3v) is 5.97. The molecular formula is C24H24IN3O5. The van der Waals surface area contributed by atoms with Crippen LogP contribution in [0, 0.1) is 3.57 Å². The summed E-state index contributed by atoms with van der Waals surface area (Å²) < 4.78 is 13.0. The molecule has 1 aromatic heterocycles. The lowest BCUT2D eigenvalue weighted by atomic mass is 10.2. The number of nitrogens with zero attached hydrogens (tertiary/aromatic N) is 2. The molecule has 3 rings (SSSR count). The minimum atomic E-state index is -0.573. The van der Waals surface area contributed by atoms with Crippen LogP contribution in [0.1, 0.15) is 21.6 Å². The first-order chi connectivity index (χ1) is 15.9. The highest BCUT2D eigenvalue weighted by Gasteiger charge is 2.23. The zero-order valence-electron chi connectivity index (χ0n) is 18.3. The lowest BCUT2D eigenvalue weighted by Crippen LogP contribution is -2.46. The second kappa shape index (κ2) is 11.0. The van der Waals surface area contributed by atoms with E-state index in [1.165, 1.54) is 10.6 Å². The van der Waals surface area contributed by atoms with Crippen molar-refractivity contribution in [2.45, 2.75) is 13.1 Å². The fourth-order valence-corrected chi connectivity index (χ4v) is 4.08. The summed E-state index contributed by atoms with van der Waals surface area (Å²) in [6.45, 7) is 3.97. The number of methoxy groups -OCH3 is 2. The van der Waals surface area contributed by atoms with Crippen molar-refractivity contribution in [2.24, 2.45) is 0 Å². The molecule has 0 bridgehead atoms. The number of carbonyl (C=O) groups is 1. The summed E-state index contributed by atoms with van der Waals surface area (Å²) in [6.07, 6.45) is 1.53. The molecular weight excluding hydrogens is 537 g/mol. The van der Waals surface area contributed by atoms with Crippen LogP contribution in [0.5, 0.6) is 11.5 Å². The van der Waals surface area contributed by atoms with Gasteiger partial charge in [0.15, 0.2) is 0 Å². The molecule has 172 valence electrons. The van der Waals surface area contributed by atoms with Crippen LogP contribution in [0.15, 0.2) is 70.8 Å². The van der Waals surface area contributed by atoms with Gasteiger partial charge in [0, 0.05) is 6.54 Å². The van der Waals surface area contributed by atoms with E-state index in [9.17, 15) is 14.4 Å². The summed E-state index contributed by atoms with van der Waals surface area (Å²) in [7, 11) is 3.13. The Labute approximate surface area is 204 Å². The molecule has 9 heteroatoms. The van der Waals surface area contributed by atoms with Gasteiger partial charge in [0.05, 0.1) is 27.3 Å². The molecule has 2 aromatic carbocycles. The second-order valence-electron chi connectivity index (χ2n) is 7.12. The van der Waals surface area contributed by atoms with Crippen LogP contribution in [0.2, 0.25) is 0 Å². The maximum Gasteiger partial charge on any atom is 0.332 e. The molecule has 0 atom stereocenters. The van der Waals surface area contributed by atoms with Crippen LogP contribution in [-0.4, -0.2) is 35.8 Å². The molecule has 0 spiro atoms. The average Bonchev–Trinajstić information content (AvgIpc) is 2.84. The SMILES string of the molecule is C=CCNC(=O)c1c(I)c(=O)n(Cc2ccc(OC)cc2)c(=O)n1Cc1ccc(OC)cc1. The number of aromatic nitrogens is 2. The Balaban J connectivity index is 2.12. The Morgan fingerprint density at radius 2 is 1.42 bits per heavy atom. The molecule has 8 nitrogen and oxygen atoms in total. The maximum absolute atomic E-state index is 13.5. The van der Waals surface area contributed by atoms with Crippen molar-refractivity contribution in [1.29, 1.82) is 0 Å². The van der Waals surface area contributed by atoms with E-state index in [4.69, 9.17) is 9.47 Å². The molecule has 0 saturated heterocycles. The third kappa shape index (κ3) is 5.54. The van der Waals surface area contributed by atoms with Crippen LogP contribution in [0.25, 0.3) is 0 Å². The van der Waals surface area contributed by atoms with Gasteiger partial charge in [-0.25, -0.2) is 4.79 Å². The minimum Gasteiger partial charge on any atom is -0.497 e. The maximum atomic E-state index is 13.5. The van der Waals surface area contributed by atoms with Gasteiger partial charge in [0.25, 0.3) is 11.5 Å². The lowest BCUT2D eigenvalue weighted by molar-refractivity contribution is 0.0945. The molecule has 0 aliphatic rings. The number of amides is 1. The fourth-order valence-electron chi connectivity index (χ4n) is 3.25. The van der Waals surface area contributed by atoms with Crippen LogP contribution < -0.4 is 26.0 Å². The quantitative estimate of drug-likeness (QED) is 0.321. The van der Waals surface area contributed by atoms with Crippen molar-refractivity contribution >= 4 is 28.5 Å². The van der Waals surface area contributed by atoms with Crippen molar-refractivity contribution in [1.82, 2.24) is 14.5 Å². The van der Waals surface area contributed by atoms with E-state index >= 15 is 0 Å². The summed E-state index contributed by atoms with van der Waals surface area (Å²) in [5.74, 6) is 0.833. The molecule has 0 aliphatic heterocycles. The highest BCUT2D eigenvalue weighted by atomic mass is 127. The van der Waals surface area contributed by atoms with Gasteiger partial charge in [-0.3, -0.25) is 18.7 Å². The normalized spacial score (nSPS) is 10.5. The molecule has 3 aromatic rings. The van der Waals surface area contributed by atoms with E-state index in [2.05, 4.69) is 11.9 Å². The molecule has 0 aliphatic carbocycles. The van der Waals surface area contributed by atoms with E-state index in [0.717, 1.165) is 15.7 Å². The number of halogens is 1. The van der Waals surface area contributed by atoms with E-state index < -0.39 is 17.2 Å². The molecule has 33 heavy (non-hydrogen) atoms. The predicted octanol–water partition coefficient (Wildman–Crippen LogP) is 2.64. The first-order valence-corrected chi connectivity index (χ1v) is 11.2. The van der Waals surface area contributed by atoms with Gasteiger partial charge in [0.2, 0.25) is 0 Å². The number of hydrogen-bond acceptors (Lipinski definition) is 5. The summed E-state index contributed by atoms with van der Waals surface area (Å²) >= 11 is 1.83. The van der Waals surface area contributed by atoms with Crippen molar-refractivity contribution in [3.63, 3.8) is 0 Å². The first kappa shape index (κ1) is 24.3. The Kier molecular flexibility index (Phi) is 8.10. The summed E-state index contributed by atoms with van der Waals surface area (Å²) in [5, 5.41) is 2.67. The summed E-state index contributed by atoms with van der Waals surface area (Å²) in [4.78, 5) is 39.4. The molecule has 1 N–H and O–H groups in total. The number of ether oxygens (including phenoxy) is 2. The van der Waals surface area contributed by atoms with Crippen molar-refractivity contribution in [2.75, 3.05) is 20.8 Å². The van der Waals surface area contributed by atoms with Gasteiger partial charge in [-0.1, -0.05) is 30.3 Å². The molecule has 0 saturated carbocycles. The van der Waals surface area contributed by atoms with E-state index in [-0.39, 0.29) is 28.9 Å². The smallest absolute Gasteiger partial charge is 0.332 e. The minimum absolute atomic E-state index is 0.0225. The van der Waals surface area contributed by atoms with Gasteiger partial charge < -0.3 is 14.8 Å². The van der Waals surface area contributed by atoms with E-state index in [1.54, 1.807) is 50.6 Å². The molecule has 0 fully saturated rings. The lowest BCUT2D eigenvalue weighted by Gasteiger charge is -2.17. The number of carbonyl (C=O) groups excluding carboxylic acids is 1. The van der Waals surface area contributed by atoms with Gasteiger partial charge in [0.1, 0.15) is 20.8 Å². The number of hydrogen-bond donors (Lipinski definition) is 1. The van der Waals surface area contributed by atoms with Gasteiger partial charge in [-0.15, -0.1) is 6.58 Å². The van der Waals surface area contributed by atoms with Crippen molar-refractivity contribution in [3.8, 4) is 11.5 Å². The molecule has 1 heterocycles. The van der Waals surface area contributed by atoms with Crippen molar-refractivity contribution < 1.29 is 14.3 Å². The molecule has 0 unspecified atom stereocenters. The van der Waals surface area contributed by atoms with Crippen molar-refractivity contribution in [3.05, 3.63) is 102 Å². The average molecular weight is 561 g/mol. The number of rotatable bonds is 9. The Morgan fingerprint density at radius 3 is 1.88 bits per heavy atom. The van der Waals surface area contributed by atoms with Gasteiger partial charge in [-0.2, -0.15) is 0 Å². The van der Waals surface area contributed by atoms with Crippen LogP contribution in [0.4, 0.5) is 0 Å². The number of benzene rings is 2. The standard InChI is InChI=1S/C24H24IN3O5/c1-4-13-26-22(29)21-20(25)23(30)28(15-17-7-11-19(33-3)12-8-17)24(31)27(21)14-16-5-9-18(32-2)10-6-16/h4-12H,1,13-15H2,2-3H3,(H,26,29). The number of nitrogens with one attached hydrogen (secondary N) is 1. The summed E-state index contributed by atoms with van der Waals surface area (Å²) in [5.41, 5.74) is 0.461. The third-order valence-electron chi connectivity index (χ3n) is 4.99. The highest BCUT2D eigenvalue weighted by Crippen LogP contribution is 2.15. The zero-order chi connectivity index (χ0) is 24.0. The Bertz CT molecular complexity index is 1260. The Hall–Kier alpha value is -3.34. The topological polar surface area (TPSA) is 91.6 Å². The molecule has 0 radical (unpaired) electrons. The monoisotopic (exact) mass is 561 g/mol. The molecule has 1 amide bonds. The van der Waals surface area contributed by atoms with E-state index in [1.807, 2.05) is 34.7 Å². The Morgan fingerprint density at radius 1 is 0.939 bits per heavy atom. The largest absolute Gasteiger partial charge is 0.497 e. The van der Waals surface area contributed by atoms with Gasteiger partial charge in [-0.05, 0) is 58.0 Å². The van der Waals surface area contributed by atoms with Crippen LogP contribution in [-0.2, 0) is 13.1 Å². The highest BCUT2D eigenvalue weighted by molar-refractivity contribution is 14.1. The fraction of sp³-hybridized carbons (Fsp3) is 0.208.